The standard InChI is InChI=1S/C29H46O/c1-18(2)22-12-15-27(4,19(22)3)26-10-9-24-23-8-7-20-17-21(30)11-14-28(20,5)25(23)13-16-29(24,26)6/h7,13,18-19,21-24,26,30H,8-12,14-17H2,1-6H3/t19-,21+,22-,23+,24+,26-,27-,28+,29+/m1/s1. The zero-order valence-electron chi connectivity index (χ0n) is 20.5. The van der Waals surface area contributed by atoms with E-state index in [1.807, 2.05) is 0 Å². The lowest BCUT2D eigenvalue weighted by Crippen LogP contribution is -2.47. The van der Waals surface area contributed by atoms with Crippen LogP contribution in [0.15, 0.2) is 23.3 Å². The molecule has 0 spiro atoms. The van der Waals surface area contributed by atoms with Crippen LogP contribution in [0.3, 0.4) is 0 Å². The molecule has 1 heteroatoms. The van der Waals surface area contributed by atoms with Crippen LogP contribution >= 0.6 is 0 Å². The molecule has 5 aliphatic carbocycles. The summed E-state index contributed by atoms with van der Waals surface area (Å²) < 4.78 is 0. The first-order chi connectivity index (χ1) is 14.1. The molecule has 5 rings (SSSR count). The summed E-state index contributed by atoms with van der Waals surface area (Å²) in [5, 5.41) is 10.3. The summed E-state index contributed by atoms with van der Waals surface area (Å²) in [7, 11) is 0. The first kappa shape index (κ1) is 21.3. The summed E-state index contributed by atoms with van der Waals surface area (Å²) in [6, 6.07) is 0. The Balaban J connectivity index is 1.46. The Hall–Kier alpha value is -0.560. The third kappa shape index (κ3) is 2.76. The van der Waals surface area contributed by atoms with Crippen molar-refractivity contribution in [1.82, 2.24) is 0 Å². The smallest absolute Gasteiger partial charge is 0.0578 e. The second-order valence-electron chi connectivity index (χ2n) is 13.1. The minimum Gasteiger partial charge on any atom is -0.393 e. The van der Waals surface area contributed by atoms with Gasteiger partial charge in [-0.25, -0.2) is 0 Å². The van der Waals surface area contributed by atoms with Crippen LogP contribution in [0.2, 0.25) is 0 Å². The fourth-order valence-electron chi connectivity index (χ4n) is 9.88. The fraction of sp³-hybridized carbons (Fsp3) is 0.862. The van der Waals surface area contributed by atoms with Gasteiger partial charge in [0.2, 0.25) is 0 Å². The number of aliphatic hydroxyl groups excluding tert-OH is 1. The maximum absolute atomic E-state index is 10.3. The number of allylic oxidation sites excluding steroid dienone is 3. The number of fused-ring (bicyclic) bond motifs is 5. The van der Waals surface area contributed by atoms with Gasteiger partial charge in [-0.15, -0.1) is 0 Å². The molecular formula is C29H46O. The highest BCUT2D eigenvalue weighted by molar-refractivity contribution is 5.39. The lowest BCUT2D eigenvalue weighted by Gasteiger charge is -2.55. The second-order valence-corrected chi connectivity index (χ2v) is 13.1. The molecular weight excluding hydrogens is 364 g/mol. The summed E-state index contributed by atoms with van der Waals surface area (Å²) >= 11 is 0. The molecule has 0 bridgehead atoms. The predicted octanol–water partition coefficient (Wildman–Crippen LogP) is 7.55. The number of rotatable bonds is 2. The Kier molecular flexibility index (Phi) is 4.95. The molecule has 3 saturated carbocycles. The zero-order valence-corrected chi connectivity index (χ0v) is 20.5. The van der Waals surface area contributed by atoms with Crippen LogP contribution in [0.1, 0.15) is 99.3 Å². The van der Waals surface area contributed by atoms with Crippen LogP contribution in [-0.2, 0) is 0 Å². The van der Waals surface area contributed by atoms with Gasteiger partial charge in [-0.05, 0) is 104 Å². The van der Waals surface area contributed by atoms with Gasteiger partial charge in [0.05, 0.1) is 6.10 Å². The molecule has 0 heterocycles. The van der Waals surface area contributed by atoms with Gasteiger partial charge in [0, 0.05) is 5.41 Å². The Bertz CT molecular complexity index is 760. The average molecular weight is 411 g/mol. The summed E-state index contributed by atoms with van der Waals surface area (Å²) in [6.45, 7) is 15.4. The van der Waals surface area contributed by atoms with Gasteiger partial charge in [-0.2, -0.15) is 0 Å². The van der Waals surface area contributed by atoms with Gasteiger partial charge in [0.1, 0.15) is 0 Å². The highest BCUT2D eigenvalue weighted by Gasteiger charge is 2.61. The van der Waals surface area contributed by atoms with Crippen molar-refractivity contribution in [2.45, 2.75) is 105 Å². The van der Waals surface area contributed by atoms with Gasteiger partial charge in [-0.1, -0.05) is 64.8 Å². The van der Waals surface area contributed by atoms with Crippen LogP contribution in [0.4, 0.5) is 0 Å². The highest BCUT2D eigenvalue weighted by atomic mass is 16.3. The lowest BCUT2D eigenvalue weighted by atomic mass is 9.49. The van der Waals surface area contributed by atoms with Gasteiger partial charge in [0.15, 0.2) is 0 Å². The highest BCUT2D eigenvalue weighted by Crippen LogP contribution is 2.69. The average Bonchev–Trinajstić information content (AvgIpc) is 3.20. The molecule has 3 fully saturated rings. The third-order valence-electron chi connectivity index (χ3n) is 11.8. The van der Waals surface area contributed by atoms with E-state index in [4.69, 9.17) is 0 Å². The maximum atomic E-state index is 10.3. The van der Waals surface area contributed by atoms with Crippen molar-refractivity contribution in [3.8, 4) is 0 Å². The molecule has 0 aromatic carbocycles. The summed E-state index contributed by atoms with van der Waals surface area (Å²) in [5.41, 5.74) is 4.59. The fourth-order valence-corrected chi connectivity index (χ4v) is 9.88. The van der Waals surface area contributed by atoms with Crippen LogP contribution < -0.4 is 0 Å². The Morgan fingerprint density at radius 1 is 0.967 bits per heavy atom. The molecule has 0 radical (unpaired) electrons. The van der Waals surface area contributed by atoms with Crippen LogP contribution in [-0.4, -0.2) is 11.2 Å². The van der Waals surface area contributed by atoms with Gasteiger partial charge in [-0.3, -0.25) is 0 Å². The van der Waals surface area contributed by atoms with Crippen LogP contribution in [0.25, 0.3) is 0 Å². The van der Waals surface area contributed by atoms with Crippen LogP contribution in [0.5, 0.6) is 0 Å². The van der Waals surface area contributed by atoms with Crippen molar-refractivity contribution < 1.29 is 5.11 Å². The lowest BCUT2D eigenvalue weighted by molar-refractivity contribution is -0.00685. The molecule has 0 aliphatic heterocycles. The van der Waals surface area contributed by atoms with Crippen molar-refractivity contribution in [3.05, 3.63) is 23.3 Å². The van der Waals surface area contributed by atoms with Crippen LogP contribution in [0, 0.1) is 51.8 Å². The Morgan fingerprint density at radius 3 is 2.43 bits per heavy atom. The minimum atomic E-state index is -0.108. The molecule has 168 valence electrons. The minimum absolute atomic E-state index is 0.108. The molecule has 1 N–H and O–H groups in total. The third-order valence-corrected chi connectivity index (χ3v) is 11.8. The molecule has 0 amide bonds. The predicted molar refractivity (Wildman–Crippen MR) is 126 cm³/mol. The van der Waals surface area contributed by atoms with E-state index >= 15 is 0 Å². The van der Waals surface area contributed by atoms with E-state index in [1.165, 1.54) is 38.5 Å². The number of hydrogen-bond acceptors (Lipinski definition) is 1. The van der Waals surface area contributed by atoms with Crippen molar-refractivity contribution in [2.75, 3.05) is 0 Å². The van der Waals surface area contributed by atoms with E-state index < -0.39 is 0 Å². The number of hydrogen-bond donors (Lipinski definition) is 1. The Morgan fingerprint density at radius 2 is 1.73 bits per heavy atom. The van der Waals surface area contributed by atoms with Gasteiger partial charge in [0.25, 0.3) is 0 Å². The van der Waals surface area contributed by atoms with Crippen molar-refractivity contribution in [3.63, 3.8) is 0 Å². The largest absolute Gasteiger partial charge is 0.393 e. The van der Waals surface area contributed by atoms with Crippen molar-refractivity contribution in [1.29, 1.82) is 0 Å². The maximum Gasteiger partial charge on any atom is 0.0578 e. The zero-order chi connectivity index (χ0) is 21.5. The molecule has 9 atom stereocenters. The first-order valence-corrected chi connectivity index (χ1v) is 13.2. The molecule has 0 saturated heterocycles. The molecule has 5 aliphatic rings. The van der Waals surface area contributed by atoms with E-state index in [9.17, 15) is 5.11 Å². The van der Waals surface area contributed by atoms with E-state index in [0.717, 1.165) is 54.8 Å². The Labute approximate surface area is 185 Å². The number of aliphatic hydroxyl groups is 1. The molecule has 0 unspecified atom stereocenters. The van der Waals surface area contributed by atoms with Crippen molar-refractivity contribution >= 4 is 0 Å². The normalized spacial score (nSPS) is 53.1. The quantitative estimate of drug-likeness (QED) is 0.466. The van der Waals surface area contributed by atoms with E-state index in [0.29, 0.717) is 10.8 Å². The van der Waals surface area contributed by atoms with Crippen molar-refractivity contribution in [2.24, 2.45) is 51.8 Å². The monoisotopic (exact) mass is 410 g/mol. The molecule has 30 heavy (non-hydrogen) atoms. The summed E-state index contributed by atoms with van der Waals surface area (Å²) in [6.07, 6.45) is 16.6. The van der Waals surface area contributed by atoms with E-state index in [2.05, 4.69) is 53.7 Å². The van der Waals surface area contributed by atoms with Gasteiger partial charge < -0.3 is 5.11 Å². The summed E-state index contributed by atoms with van der Waals surface area (Å²) in [5.74, 6) is 5.12. The summed E-state index contributed by atoms with van der Waals surface area (Å²) in [4.78, 5) is 0. The molecule has 0 aromatic rings. The topological polar surface area (TPSA) is 20.2 Å². The SMILES string of the molecule is CC(C)[C@H]1CC[C@@](C)([C@H]2CC[C@H]3[C@@H]4CC=C5C[C@@H](O)CC[C@]5(C)C4=CC[C@]23C)[C@@H]1C. The second kappa shape index (κ2) is 6.97. The molecule has 1 nitrogen and oxygen atoms in total. The van der Waals surface area contributed by atoms with Gasteiger partial charge >= 0.3 is 0 Å². The first-order valence-electron chi connectivity index (χ1n) is 13.2. The van der Waals surface area contributed by atoms with E-state index in [-0.39, 0.29) is 11.5 Å². The van der Waals surface area contributed by atoms with E-state index in [1.54, 1.807) is 11.1 Å². The molecule has 0 aromatic heterocycles.